The third-order valence-electron chi connectivity index (χ3n) is 2.95. The van der Waals surface area contributed by atoms with Gasteiger partial charge < -0.3 is 18.1 Å². The second-order valence-electron chi connectivity index (χ2n) is 7.44. The van der Waals surface area contributed by atoms with Gasteiger partial charge in [-0.1, -0.05) is 0 Å². The van der Waals surface area contributed by atoms with Gasteiger partial charge in [-0.2, -0.15) is 5.26 Å². The first-order valence-corrected chi connectivity index (χ1v) is 12.3. The molecule has 0 rings (SSSR count). The summed E-state index contributed by atoms with van der Waals surface area (Å²) in [5.74, 6) is -0.528. The number of nitriles is 1. The van der Waals surface area contributed by atoms with Crippen LogP contribution in [0, 0.1) is 17.2 Å². The summed E-state index contributed by atoms with van der Waals surface area (Å²) in [6, 6.07) is 2.09. The predicted molar refractivity (Wildman–Crippen MR) is 103 cm³/mol. The van der Waals surface area contributed by atoms with Gasteiger partial charge in [0.25, 0.3) is 0 Å². The summed E-state index contributed by atoms with van der Waals surface area (Å²) < 4.78 is 50.0. The Bertz CT molecular complexity index is 490. The largest absolute Gasteiger partial charge is 0.346 e. The van der Waals surface area contributed by atoms with Gasteiger partial charge in [-0.05, 0) is 68.7 Å². The van der Waals surface area contributed by atoms with E-state index in [2.05, 4.69) is 6.07 Å². The van der Waals surface area contributed by atoms with Crippen LogP contribution in [0.3, 0.4) is 0 Å². The summed E-state index contributed by atoms with van der Waals surface area (Å²) in [7, 11) is -7.81. The van der Waals surface area contributed by atoms with E-state index >= 15 is 0 Å². The lowest BCUT2D eigenvalue weighted by atomic mass is 10.1. The molecule has 0 aromatic heterocycles. The third-order valence-corrected chi connectivity index (χ3v) is 9.39. The fourth-order valence-electron chi connectivity index (χ4n) is 2.31. The summed E-state index contributed by atoms with van der Waals surface area (Å²) in [5.41, 5.74) is 0. The lowest BCUT2D eigenvalue weighted by Gasteiger charge is -2.35. The van der Waals surface area contributed by atoms with Gasteiger partial charge in [0.15, 0.2) is 5.40 Å². The van der Waals surface area contributed by atoms with E-state index in [-0.39, 0.29) is 6.42 Å². The molecule has 7 nitrogen and oxygen atoms in total. The third kappa shape index (κ3) is 8.65. The molecule has 0 heterocycles. The highest BCUT2D eigenvalue weighted by molar-refractivity contribution is 7.72. The molecule has 0 bridgehead atoms. The smallest absolute Gasteiger partial charge is 0.305 e. The van der Waals surface area contributed by atoms with Gasteiger partial charge in [-0.25, -0.2) is 0 Å². The Hall–Kier alpha value is -0.210. The van der Waals surface area contributed by atoms with Crippen molar-refractivity contribution in [2.24, 2.45) is 5.92 Å². The number of hydrogen-bond donors (Lipinski definition) is 0. The molecule has 0 N–H and O–H groups in total. The molecule has 154 valence electrons. The van der Waals surface area contributed by atoms with Crippen LogP contribution in [0.4, 0.5) is 0 Å². The van der Waals surface area contributed by atoms with E-state index in [0.29, 0.717) is 0 Å². The van der Waals surface area contributed by atoms with Gasteiger partial charge in [0.2, 0.25) is 0 Å². The van der Waals surface area contributed by atoms with Crippen molar-refractivity contribution in [1.29, 1.82) is 5.26 Å². The Labute approximate surface area is 158 Å². The molecule has 0 aromatic rings. The molecule has 0 saturated carbocycles. The van der Waals surface area contributed by atoms with E-state index in [9.17, 15) is 14.4 Å². The zero-order chi connectivity index (χ0) is 20.7. The minimum Gasteiger partial charge on any atom is -0.305 e. The first-order chi connectivity index (χ1) is 11.8. The Kier molecular flexibility index (Phi) is 10.9. The van der Waals surface area contributed by atoms with Crippen molar-refractivity contribution in [3.8, 4) is 6.07 Å². The highest BCUT2D eigenvalue weighted by Gasteiger charge is 2.53. The summed E-state index contributed by atoms with van der Waals surface area (Å²) in [5, 5.41) is 8.07. The molecule has 0 radical (unpaired) electrons. The molecule has 0 amide bonds. The maximum atomic E-state index is 13.7. The van der Waals surface area contributed by atoms with Gasteiger partial charge >= 0.3 is 15.2 Å². The Balaban J connectivity index is 6.30. The van der Waals surface area contributed by atoms with Gasteiger partial charge in [0.05, 0.1) is 30.5 Å². The molecule has 26 heavy (non-hydrogen) atoms. The zero-order valence-corrected chi connectivity index (χ0v) is 19.3. The molecule has 0 saturated heterocycles. The number of nitrogens with zero attached hydrogens (tertiary/aromatic N) is 1. The molecule has 0 aliphatic heterocycles. The molecular weight excluding hydrogens is 376 g/mol. The number of hydrogen-bond acceptors (Lipinski definition) is 7. The van der Waals surface area contributed by atoms with Crippen LogP contribution in [0.2, 0.25) is 0 Å². The monoisotopic (exact) mass is 411 g/mol. The normalized spacial score (nSPS) is 14.7. The van der Waals surface area contributed by atoms with Crippen molar-refractivity contribution in [1.82, 2.24) is 0 Å². The maximum Gasteiger partial charge on any atom is 0.346 e. The van der Waals surface area contributed by atoms with Gasteiger partial charge in [0.1, 0.15) is 0 Å². The summed E-state index contributed by atoms with van der Waals surface area (Å²) in [6.45, 7) is 15.4. The van der Waals surface area contributed by atoms with E-state index in [1.165, 1.54) is 0 Å². The van der Waals surface area contributed by atoms with Crippen molar-refractivity contribution in [2.45, 2.75) is 98.6 Å². The topological polar surface area (TPSA) is 94.9 Å². The molecule has 0 aromatic carbocycles. The van der Waals surface area contributed by atoms with Crippen LogP contribution < -0.4 is 0 Å². The van der Waals surface area contributed by atoms with Crippen molar-refractivity contribution >= 4 is 15.2 Å². The van der Waals surface area contributed by atoms with Crippen LogP contribution >= 0.6 is 15.2 Å². The first-order valence-electron chi connectivity index (χ1n) is 9.08. The SMILES string of the molecule is CC(C#N)CC(P(=O)(OC(C)C)OC(C)C)P(=O)(OC(C)C)OC(C)C. The predicted octanol–water partition coefficient (Wildman–Crippen LogP) is 5.95. The highest BCUT2D eigenvalue weighted by Crippen LogP contribution is 2.73. The fourth-order valence-corrected chi connectivity index (χ4v) is 8.51. The second kappa shape index (κ2) is 11.0. The molecule has 0 aliphatic carbocycles. The lowest BCUT2D eigenvalue weighted by molar-refractivity contribution is 0.121. The quantitative estimate of drug-likeness (QED) is 0.366. The zero-order valence-electron chi connectivity index (χ0n) is 17.5. The molecule has 9 heteroatoms. The minimum atomic E-state index is -3.91. The van der Waals surface area contributed by atoms with Gasteiger partial charge in [0, 0.05) is 5.92 Å². The highest BCUT2D eigenvalue weighted by atomic mass is 31.2. The van der Waals surface area contributed by atoms with Gasteiger partial charge in [-0.15, -0.1) is 0 Å². The van der Waals surface area contributed by atoms with Crippen LogP contribution in [0.1, 0.15) is 68.7 Å². The fraction of sp³-hybridized carbons (Fsp3) is 0.941. The first kappa shape index (κ1) is 25.8. The van der Waals surface area contributed by atoms with Gasteiger partial charge in [-0.3, -0.25) is 9.13 Å². The molecule has 0 spiro atoms. The average molecular weight is 411 g/mol. The summed E-state index contributed by atoms with van der Waals surface area (Å²) in [6.07, 6.45) is -1.68. The second-order valence-corrected chi connectivity index (χ2v) is 12.1. The van der Waals surface area contributed by atoms with E-state index < -0.39 is 50.9 Å². The van der Waals surface area contributed by atoms with Crippen LogP contribution in [-0.2, 0) is 27.2 Å². The maximum absolute atomic E-state index is 13.7. The molecule has 0 aliphatic rings. The molecule has 1 atom stereocenters. The van der Waals surface area contributed by atoms with Crippen molar-refractivity contribution in [2.75, 3.05) is 0 Å². The summed E-state index contributed by atoms with van der Waals surface area (Å²) in [4.78, 5) is 0. The van der Waals surface area contributed by atoms with Crippen LogP contribution in [0.15, 0.2) is 0 Å². The van der Waals surface area contributed by atoms with E-state index in [0.717, 1.165) is 0 Å². The van der Waals surface area contributed by atoms with Crippen LogP contribution in [0.5, 0.6) is 0 Å². The average Bonchev–Trinajstić information content (AvgIpc) is 2.40. The van der Waals surface area contributed by atoms with Crippen molar-refractivity contribution in [3.63, 3.8) is 0 Å². The summed E-state index contributed by atoms with van der Waals surface area (Å²) >= 11 is 0. The molecule has 0 fully saturated rings. The van der Waals surface area contributed by atoms with Crippen LogP contribution in [-0.4, -0.2) is 29.8 Å². The van der Waals surface area contributed by atoms with E-state index in [1.54, 1.807) is 62.3 Å². The number of rotatable bonds is 12. The minimum absolute atomic E-state index is 0.0178. The molecule has 1 unspecified atom stereocenters. The van der Waals surface area contributed by atoms with E-state index in [1.807, 2.05) is 0 Å². The Morgan fingerprint density at radius 1 is 0.692 bits per heavy atom. The van der Waals surface area contributed by atoms with E-state index in [4.69, 9.17) is 18.1 Å². The van der Waals surface area contributed by atoms with Crippen LogP contribution in [0.25, 0.3) is 0 Å². The Morgan fingerprint density at radius 2 is 0.962 bits per heavy atom. The van der Waals surface area contributed by atoms with Crippen molar-refractivity contribution < 1.29 is 27.2 Å². The Morgan fingerprint density at radius 3 is 1.15 bits per heavy atom. The lowest BCUT2D eigenvalue weighted by Crippen LogP contribution is -2.25. The standard InChI is InChI=1S/C17H35NO6P2/c1-12(2)21-25(19,22-13(3)4)17(10-16(9)11-18)26(20,23-14(5)6)24-15(7)8/h12-17H,10H2,1-9H3. The van der Waals surface area contributed by atoms with Crippen molar-refractivity contribution in [3.05, 3.63) is 0 Å². The molecular formula is C17H35NO6P2.